The second-order valence-electron chi connectivity index (χ2n) is 4.55. The molecule has 1 nitrogen and oxygen atoms in total. The van der Waals surface area contributed by atoms with Crippen LogP contribution >= 0.6 is 15.9 Å². The number of nitrogens with one attached hydrogen (secondary N) is 1. The van der Waals surface area contributed by atoms with E-state index in [4.69, 9.17) is 0 Å². The predicted octanol–water partition coefficient (Wildman–Crippen LogP) is 4.26. The van der Waals surface area contributed by atoms with Crippen LogP contribution in [0.1, 0.15) is 22.7 Å². The first-order valence-electron chi connectivity index (χ1n) is 6.18. The summed E-state index contributed by atoms with van der Waals surface area (Å²) in [4.78, 5) is 0. The lowest BCUT2D eigenvalue weighted by Crippen LogP contribution is -2.19. The predicted molar refractivity (Wildman–Crippen MR) is 80.8 cm³/mol. The molecule has 2 heteroatoms. The molecule has 0 amide bonds. The minimum atomic E-state index is 0.351. The van der Waals surface area contributed by atoms with Crippen LogP contribution in [0.4, 0.5) is 0 Å². The Hall–Kier alpha value is -1.12. The minimum Gasteiger partial charge on any atom is -0.313 e. The molecule has 0 spiro atoms. The number of halogens is 1. The molecule has 2 aromatic carbocycles. The van der Waals surface area contributed by atoms with Gasteiger partial charge in [0.05, 0.1) is 0 Å². The second-order valence-corrected chi connectivity index (χ2v) is 5.40. The summed E-state index contributed by atoms with van der Waals surface area (Å²) in [5.74, 6) is 0. The average Bonchev–Trinajstić information content (AvgIpc) is 2.39. The molecule has 1 N–H and O–H groups in total. The van der Waals surface area contributed by atoms with E-state index in [9.17, 15) is 0 Å². The first kappa shape index (κ1) is 13.3. The van der Waals surface area contributed by atoms with E-state index in [1.807, 2.05) is 13.1 Å². The zero-order valence-corrected chi connectivity index (χ0v) is 12.4. The Balaban J connectivity index is 2.20. The number of aryl methyl sites for hydroxylation is 1. The first-order chi connectivity index (χ1) is 8.70. The molecule has 2 rings (SSSR count). The number of hydrogen-bond acceptors (Lipinski definition) is 1. The molecule has 1 unspecified atom stereocenters. The normalized spacial score (nSPS) is 12.4. The van der Waals surface area contributed by atoms with E-state index >= 15 is 0 Å². The van der Waals surface area contributed by atoms with E-state index in [0.717, 1.165) is 6.42 Å². The Labute approximate surface area is 117 Å². The maximum Gasteiger partial charge on any atom is 0.0358 e. The van der Waals surface area contributed by atoms with Crippen molar-refractivity contribution in [3.8, 4) is 0 Å². The summed E-state index contributed by atoms with van der Waals surface area (Å²) in [7, 11) is 2.02. The summed E-state index contributed by atoms with van der Waals surface area (Å²) in [6.07, 6.45) is 0.987. The summed E-state index contributed by atoms with van der Waals surface area (Å²) in [6, 6.07) is 17.5. The third-order valence-electron chi connectivity index (χ3n) is 3.21. The fraction of sp³-hybridized carbons (Fsp3) is 0.250. The van der Waals surface area contributed by atoms with Crippen LogP contribution in [0.15, 0.2) is 53.0 Å². The molecule has 0 radical (unpaired) electrons. The van der Waals surface area contributed by atoms with Gasteiger partial charge in [-0.15, -0.1) is 0 Å². The maximum atomic E-state index is 3.61. The average molecular weight is 304 g/mol. The van der Waals surface area contributed by atoms with Crippen molar-refractivity contribution in [2.45, 2.75) is 19.4 Å². The quantitative estimate of drug-likeness (QED) is 0.890. The molecule has 0 aliphatic carbocycles. The van der Waals surface area contributed by atoms with E-state index < -0.39 is 0 Å². The van der Waals surface area contributed by atoms with Crippen LogP contribution < -0.4 is 5.32 Å². The smallest absolute Gasteiger partial charge is 0.0358 e. The van der Waals surface area contributed by atoms with Crippen molar-refractivity contribution in [1.29, 1.82) is 0 Å². The lowest BCUT2D eigenvalue weighted by atomic mass is 9.98. The largest absolute Gasteiger partial charge is 0.313 e. The monoisotopic (exact) mass is 303 g/mol. The first-order valence-corrected chi connectivity index (χ1v) is 6.97. The Morgan fingerprint density at radius 3 is 2.33 bits per heavy atom. The zero-order valence-electron chi connectivity index (χ0n) is 10.8. The van der Waals surface area contributed by atoms with Crippen molar-refractivity contribution in [3.05, 3.63) is 69.7 Å². The van der Waals surface area contributed by atoms with Crippen LogP contribution in [0.3, 0.4) is 0 Å². The molecule has 0 bridgehead atoms. The van der Waals surface area contributed by atoms with E-state index in [2.05, 4.69) is 70.6 Å². The molecular weight excluding hydrogens is 286 g/mol. The summed E-state index contributed by atoms with van der Waals surface area (Å²) >= 11 is 3.61. The van der Waals surface area contributed by atoms with Crippen LogP contribution in [0.25, 0.3) is 0 Å². The van der Waals surface area contributed by atoms with E-state index in [0.29, 0.717) is 6.04 Å². The molecular formula is C16H18BrN. The van der Waals surface area contributed by atoms with Crippen molar-refractivity contribution < 1.29 is 0 Å². The molecule has 0 saturated carbocycles. The molecule has 1 atom stereocenters. The van der Waals surface area contributed by atoms with Crippen LogP contribution in [0.5, 0.6) is 0 Å². The highest BCUT2D eigenvalue weighted by molar-refractivity contribution is 9.10. The Kier molecular flexibility index (Phi) is 4.56. The van der Waals surface area contributed by atoms with E-state index in [1.54, 1.807) is 0 Å². The highest BCUT2D eigenvalue weighted by atomic mass is 79.9. The van der Waals surface area contributed by atoms with Crippen molar-refractivity contribution >= 4 is 15.9 Å². The van der Waals surface area contributed by atoms with Gasteiger partial charge in [-0.3, -0.25) is 0 Å². The Bertz CT molecular complexity index is 505. The highest BCUT2D eigenvalue weighted by Crippen LogP contribution is 2.23. The standard InChI is InChI=1S/C16H18BrN/c1-12-7-9-13(10-8-12)16(18-2)11-14-5-3-4-6-15(14)17/h3-10,16,18H,11H2,1-2H3. The molecule has 0 fully saturated rings. The van der Waals surface area contributed by atoms with Crippen LogP contribution in [-0.2, 0) is 6.42 Å². The summed E-state index contributed by atoms with van der Waals surface area (Å²) in [5, 5.41) is 3.39. The van der Waals surface area contributed by atoms with Crippen molar-refractivity contribution in [2.75, 3.05) is 7.05 Å². The van der Waals surface area contributed by atoms with Crippen molar-refractivity contribution in [3.63, 3.8) is 0 Å². The Morgan fingerprint density at radius 2 is 1.72 bits per heavy atom. The Morgan fingerprint density at radius 1 is 1.06 bits per heavy atom. The minimum absolute atomic E-state index is 0.351. The number of hydrogen-bond donors (Lipinski definition) is 1. The van der Waals surface area contributed by atoms with Gasteiger partial charge >= 0.3 is 0 Å². The molecule has 0 aromatic heterocycles. The SMILES string of the molecule is CNC(Cc1ccccc1Br)c1ccc(C)cc1. The number of likely N-dealkylation sites (N-methyl/N-ethyl adjacent to an activating group) is 1. The summed E-state index contributed by atoms with van der Waals surface area (Å²) in [6.45, 7) is 2.12. The van der Waals surface area contributed by atoms with Gasteiger partial charge in [-0.25, -0.2) is 0 Å². The zero-order chi connectivity index (χ0) is 13.0. The molecule has 0 saturated heterocycles. The topological polar surface area (TPSA) is 12.0 Å². The van der Waals surface area contributed by atoms with Crippen LogP contribution in [-0.4, -0.2) is 7.05 Å². The molecule has 94 valence electrons. The third kappa shape index (κ3) is 3.21. The summed E-state index contributed by atoms with van der Waals surface area (Å²) in [5.41, 5.74) is 3.96. The third-order valence-corrected chi connectivity index (χ3v) is 3.98. The van der Waals surface area contributed by atoms with Gasteiger partial charge in [0, 0.05) is 10.5 Å². The highest BCUT2D eigenvalue weighted by Gasteiger charge is 2.11. The van der Waals surface area contributed by atoms with Crippen LogP contribution in [0.2, 0.25) is 0 Å². The molecule has 2 aromatic rings. The van der Waals surface area contributed by atoms with Gasteiger partial charge < -0.3 is 5.32 Å². The summed E-state index contributed by atoms with van der Waals surface area (Å²) < 4.78 is 1.18. The number of benzene rings is 2. The fourth-order valence-electron chi connectivity index (χ4n) is 2.07. The van der Waals surface area contributed by atoms with Gasteiger partial charge in [-0.05, 0) is 37.6 Å². The van der Waals surface area contributed by atoms with Gasteiger partial charge in [0.25, 0.3) is 0 Å². The van der Waals surface area contributed by atoms with E-state index in [1.165, 1.54) is 21.2 Å². The van der Waals surface area contributed by atoms with Crippen molar-refractivity contribution in [2.24, 2.45) is 0 Å². The van der Waals surface area contributed by atoms with Gasteiger partial charge in [0.1, 0.15) is 0 Å². The van der Waals surface area contributed by atoms with E-state index in [-0.39, 0.29) is 0 Å². The fourth-order valence-corrected chi connectivity index (χ4v) is 2.52. The van der Waals surface area contributed by atoms with Gasteiger partial charge in [0.15, 0.2) is 0 Å². The second kappa shape index (κ2) is 6.17. The van der Waals surface area contributed by atoms with Gasteiger partial charge in [-0.2, -0.15) is 0 Å². The lowest BCUT2D eigenvalue weighted by molar-refractivity contribution is 0.591. The van der Waals surface area contributed by atoms with Gasteiger partial charge in [-0.1, -0.05) is 64.0 Å². The molecule has 0 aliphatic heterocycles. The number of rotatable bonds is 4. The molecule has 0 aliphatic rings. The molecule has 18 heavy (non-hydrogen) atoms. The van der Waals surface area contributed by atoms with Crippen molar-refractivity contribution in [1.82, 2.24) is 5.32 Å². The van der Waals surface area contributed by atoms with Gasteiger partial charge in [0.2, 0.25) is 0 Å². The maximum absolute atomic E-state index is 3.61. The lowest BCUT2D eigenvalue weighted by Gasteiger charge is -2.17. The van der Waals surface area contributed by atoms with Crippen LogP contribution in [0, 0.1) is 6.92 Å². The molecule has 0 heterocycles.